The summed E-state index contributed by atoms with van der Waals surface area (Å²) in [5, 5.41) is 14.8. The van der Waals surface area contributed by atoms with Crippen molar-refractivity contribution in [2.75, 3.05) is 0 Å². The van der Waals surface area contributed by atoms with Crippen molar-refractivity contribution in [3.05, 3.63) is 23.2 Å². The first-order valence-electron chi connectivity index (χ1n) is 2.44. The molecule has 0 aliphatic rings. The quantitative estimate of drug-likeness (QED) is 0.683. The molecular weight excluding hydrogens is 207 g/mol. The van der Waals surface area contributed by atoms with Crippen molar-refractivity contribution in [1.82, 2.24) is 0 Å². The zero-order valence-electron chi connectivity index (χ0n) is 5.88. The Hall–Kier alpha value is -1.00. The predicted molar refractivity (Wildman–Crippen MR) is 45.3 cm³/mol. The smallest absolute Gasteiger partial charge is 0.346 e. The number of halogens is 2. The van der Waals surface area contributed by atoms with Crippen molar-refractivity contribution in [3.8, 4) is 0 Å². The van der Waals surface area contributed by atoms with Crippen LogP contribution in [0.2, 0.25) is 0 Å². The molecule has 0 saturated carbocycles. The van der Waals surface area contributed by atoms with E-state index in [0.717, 1.165) is 0 Å². The third-order valence-corrected chi connectivity index (χ3v) is 0.787. The van der Waals surface area contributed by atoms with Crippen molar-refractivity contribution in [3.63, 3.8) is 0 Å². The summed E-state index contributed by atoms with van der Waals surface area (Å²) in [7, 11) is 0. The molecule has 0 heterocycles. The minimum absolute atomic E-state index is 0.352. The van der Waals surface area contributed by atoms with Crippen LogP contribution in [0.25, 0.3) is 0 Å². The van der Waals surface area contributed by atoms with Crippen LogP contribution in [0.3, 0.4) is 0 Å². The Labute approximate surface area is 78.7 Å². The van der Waals surface area contributed by atoms with Gasteiger partial charge in [0, 0.05) is 0 Å². The Morgan fingerprint density at radius 2 is 1.00 bits per heavy atom. The summed E-state index contributed by atoms with van der Waals surface area (Å²) in [4.78, 5) is 18.9. The van der Waals surface area contributed by atoms with Gasteiger partial charge in [0.15, 0.2) is 0 Å². The van der Waals surface area contributed by atoms with Crippen LogP contribution in [0, 0.1) is 0 Å². The largest absolute Gasteiger partial charge is 0.477 e. The second kappa shape index (κ2) is 6.69. The highest BCUT2D eigenvalue weighted by Crippen LogP contribution is 1.93. The number of carboxylic acid groups (broad SMARTS) is 2. The van der Waals surface area contributed by atoms with Crippen molar-refractivity contribution in [1.29, 1.82) is 0 Å². The normalized spacial score (nSPS) is 7.50. The number of carbonyl (C=O) groups is 2. The number of rotatable bonds is 2. The fourth-order valence-corrected chi connectivity index (χ4v) is 0. The minimum Gasteiger partial charge on any atom is -0.477 e. The van der Waals surface area contributed by atoms with Gasteiger partial charge in [0.1, 0.15) is 10.1 Å². The Bertz CT molecular complexity index is 174. The van der Waals surface area contributed by atoms with Gasteiger partial charge in [0.2, 0.25) is 0 Å². The molecule has 0 aliphatic carbocycles. The lowest BCUT2D eigenvalue weighted by atomic mass is 10.7. The molecule has 0 bridgehead atoms. The van der Waals surface area contributed by atoms with Gasteiger partial charge in [-0.1, -0.05) is 36.4 Å². The maximum Gasteiger partial charge on any atom is 0.346 e. The second-order valence-electron chi connectivity index (χ2n) is 1.42. The van der Waals surface area contributed by atoms with Crippen molar-refractivity contribution >= 4 is 35.1 Å². The lowest BCUT2D eigenvalue weighted by Gasteiger charge is -1.76. The van der Waals surface area contributed by atoms with Crippen LogP contribution in [0.4, 0.5) is 0 Å². The summed E-state index contributed by atoms with van der Waals surface area (Å²) in [5.74, 6) is -2.34. The van der Waals surface area contributed by atoms with Crippen molar-refractivity contribution in [2.24, 2.45) is 0 Å². The predicted octanol–water partition coefficient (Wildman–Crippen LogP) is 1.65. The van der Waals surface area contributed by atoms with E-state index in [9.17, 15) is 9.59 Å². The van der Waals surface area contributed by atoms with Crippen LogP contribution in [0.15, 0.2) is 23.2 Å². The molecule has 0 saturated heterocycles. The molecule has 0 aliphatic heterocycles. The van der Waals surface area contributed by atoms with Gasteiger partial charge in [0.25, 0.3) is 0 Å². The van der Waals surface area contributed by atoms with Gasteiger partial charge in [-0.15, -0.1) is 0 Å². The maximum atomic E-state index is 9.47. The van der Waals surface area contributed by atoms with Gasteiger partial charge in [-0.3, -0.25) is 0 Å². The Morgan fingerprint density at radius 1 is 0.917 bits per heavy atom. The van der Waals surface area contributed by atoms with Gasteiger partial charge in [-0.05, 0) is 0 Å². The molecule has 4 nitrogen and oxygen atoms in total. The molecule has 0 spiro atoms. The Balaban J connectivity index is 0. The Kier molecular flexibility index (Phi) is 7.58. The summed E-state index contributed by atoms with van der Waals surface area (Å²) in [6, 6.07) is 0. The highest BCUT2D eigenvalue weighted by molar-refractivity contribution is 6.40. The van der Waals surface area contributed by atoms with Crippen molar-refractivity contribution in [2.45, 2.75) is 0 Å². The molecule has 68 valence electrons. The summed E-state index contributed by atoms with van der Waals surface area (Å²) in [6.07, 6.45) is 0. The zero-order chi connectivity index (χ0) is 10.3. The first-order valence-corrected chi connectivity index (χ1v) is 3.20. The van der Waals surface area contributed by atoms with E-state index in [0.29, 0.717) is 0 Å². The third-order valence-electron chi connectivity index (χ3n) is 0.464. The lowest BCUT2D eigenvalue weighted by molar-refractivity contribution is -0.132. The van der Waals surface area contributed by atoms with E-state index in [1.54, 1.807) is 0 Å². The molecule has 6 heteroatoms. The summed E-state index contributed by atoms with van der Waals surface area (Å²) >= 11 is 9.64. The van der Waals surface area contributed by atoms with Crippen LogP contribution in [0.5, 0.6) is 0 Å². The monoisotopic (exact) mass is 212 g/mol. The molecule has 0 unspecified atom stereocenters. The van der Waals surface area contributed by atoms with Gasteiger partial charge in [-0.2, -0.15) is 0 Å². The summed E-state index contributed by atoms with van der Waals surface area (Å²) < 4.78 is 0. The van der Waals surface area contributed by atoms with Crippen LogP contribution in [-0.4, -0.2) is 22.2 Å². The van der Waals surface area contributed by atoms with E-state index < -0.39 is 11.9 Å². The highest BCUT2D eigenvalue weighted by Gasteiger charge is 1.94. The van der Waals surface area contributed by atoms with E-state index in [1.807, 2.05) is 0 Å². The summed E-state index contributed by atoms with van der Waals surface area (Å²) in [6.45, 7) is 5.84. The van der Waals surface area contributed by atoms with Gasteiger partial charge < -0.3 is 10.2 Å². The first kappa shape index (κ1) is 13.6. The van der Waals surface area contributed by atoms with Crippen LogP contribution < -0.4 is 0 Å². The van der Waals surface area contributed by atoms with E-state index in [-0.39, 0.29) is 10.1 Å². The molecule has 0 rings (SSSR count). The number of aliphatic carboxylic acids is 2. The lowest BCUT2D eigenvalue weighted by Crippen LogP contribution is -1.89. The van der Waals surface area contributed by atoms with Gasteiger partial charge in [-0.25, -0.2) is 9.59 Å². The third kappa shape index (κ3) is 11.8. The highest BCUT2D eigenvalue weighted by atomic mass is 35.5. The number of carboxylic acids is 2. The molecule has 0 aromatic carbocycles. The van der Waals surface area contributed by atoms with E-state index in [2.05, 4.69) is 13.2 Å². The van der Waals surface area contributed by atoms with Gasteiger partial charge in [0.05, 0.1) is 0 Å². The molecule has 0 aromatic heterocycles. The second-order valence-corrected chi connectivity index (χ2v) is 2.33. The van der Waals surface area contributed by atoms with Gasteiger partial charge >= 0.3 is 11.9 Å². The fraction of sp³-hybridized carbons (Fsp3) is 0. The van der Waals surface area contributed by atoms with Crippen LogP contribution >= 0.6 is 23.2 Å². The Morgan fingerprint density at radius 3 is 1.00 bits per heavy atom. The molecule has 0 aromatic rings. The first-order chi connectivity index (χ1) is 5.29. The molecule has 0 atom stereocenters. The van der Waals surface area contributed by atoms with E-state index in [4.69, 9.17) is 33.4 Å². The topological polar surface area (TPSA) is 74.6 Å². The van der Waals surface area contributed by atoms with E-state index in [1.165, 1.54) is 0 Å². The molecule has 2 N–H and O–H groups in total. The molecule has 12 heavy (non-hydrogen) atoms. The number of hydrogen-bond donors (Lipinski definition) is 2. The molecule has 0 radical (unpaired) electrons. The average Bonchev–Trinajstić information content (AvgIpc) is 1.88. The molecule has 0 fully saturated rings. The minimum atomic E-state index is -1.17. The number of hydrogen-bond acceptors (Lipinski definition) is 2. The zero-order valence-corrected chi connectivity index (χ0v) is 7.39. The van der Waals surface area contributed by atoms with Crippen molar-refractivity contribution < 1.29 is 19.8 Å². The standard InChI is InChI=1S/2C3H3ClO2/c2*1-2(4)3(5)6/h2*1H2,(H,5,6). The van der Waals surface area contributed by atoms with E-state index >= 15 is 0 Å². The average molecular weight is 213 g/mol. The van der Waals surface area contributed by atoms with Crippen LogP contribution in [0.1, 0.15) is 0 Å². The molecular formula is C6H6Cl2O4. The molecule has 0 amide bonds. The fourth-order valence-electron chi connectivity index (χ4n) is 0. The van der Waals surface area contributed by atoms with Crippen LogP contribution in [-0.2, 0) is 9.59 Å². The maximum absolute atomic E-state index is 9.47. The SMILES string of the molecule is C=C(Cl)C(=O)O.C=C(Cl)C(=O)O. The summed E-state index contributed by atoms with van der Waals surface area (Å²) in [5.41, 5.74) is 0.